The maximum atomic E-state index is 12.3. The van der Waals surface area contributed by atoms with Crippen LogP contribution in [0.15, 0.2) is 42.5 Å². The molecule has 1 aliphatic carbocycles. The van der Waals surface area contributed by atoms with Gasteiger partial charge in [-0.05, 0) is 35.2 Å². The molecule has 0 saturated heterocycles. The maximum Gasteiger partial charge on any atom is 0.166 e. The van der Waals surface area contributed by atoms with Crippen molar-refractivity contribution in [3.8, 4) is 16.9 Å². The summed E-state index contributed by atoms with van der Waals surface area (Å²) in [6, 6.07) is 14.0. The number of ketones is 1. The molecule has 0 heterocycles. The van der Waals surface area contributed by atoms with Crippen LogP contribution in [0.2, 0.25) is 0 Å². The number of rotatable bonds is 2. The number of hydrogen-bond acceptors (Lipinski definition) is 2. The van der Waals surface area contributed by atoms with Crippen molar-refractivity contribution in [1.82, 2.24) is 0 Å². The van der Waals surface area contributed by atoms with E-state index in [9.17, 15) is 4.79 Å². The van der Waals surface area contributed by atoms with Crippen molar-refractivity contribution < 1.29 is 9.53 Å². The van der Waals surface area contributed by atoms with Crippen molar-refractivity contribution in [1.29, 1.82) is 0 Å². The lowest BCUT2D eigenvalue weighted by atomic mass is 9.96. The van der Waals surface area contributed by atoms with E-state index in [1.54, 1.807) is 7.11 Å². The lowest BCUT2D eigenvalue weighted by molar-refractivity contribution is 0.0947. The van der Waals surface area contributed by atoms with Crippen LogP contribution in [-0.2, 0) is 6.42 Å². The first-order chi connectivity index (χ1) is 9.20. The van der Waals surface area contributed by atoms with Gasteiger partial charge in [-0.3, -0.25) is 4.79 Å². The van der Waals surface area contributed by atoms with Crippen molar-refractivity contribution >= 4 is 5.78 Å². The number of carbonyl (C=O) groups is 1. The molecule has 0 spiro atoms. The van der Waals surface area contributed by atoms with Gasteiger partial charge in [-0.1, -0.05) is 37.3 Å². The molecule has 1 atom stereocenters. The number of benzene rings is 2. The maximum absolute atomic E-state index is 12.3. The summed E-state index contributed by atoms with van der Waals surface area (Å²) in [7, 11) is 1.65. The quantitative estimate of drug-likeness (QED) is 0.814. The second-order valence-corrected chi connectivity index (χ2v) is 5.04. The first-order valence-electron chi connectivity index (χ1n) is 6.51. The average molecular weight is 252 g/mol. The van der Waals surface area contributed by atoms with Gasteiger partial charge in [-0.25, -0.2) is 0 Å². The summed E-state index contributed by atoms with van der Waals surface area (Å²) >= 11 is 0. The third-order valence-electron chi connectivity index (χ3n) is 3.77. The van der Waals surface area contributed by atoms with E-state index in [1.165, 1.54) is 5.56 Å². The smallest absolute Gasteiger partial charge is 0.166 e. The Morgan fingerprint density at radius 1 is 1.11 bits per heavy atom. The minimum Gasteiger partial charge on any atom is -0.497 e. The molecule has 0 radical (unpaired) electrons. The van der Waals surface area contributed by atoms with Gasteiger partial charge in [0.1, 0.15) is 5.75 Å². The van der Waals surface area contributed by atoms with Gasteiger partial charge in [0.2, 0.25) is 0 Å². The Labute approximate surface area is 113 Å². The van der Waals surface area contributed by atoms with Crippen LogP contribution in [0.4, 0.5) is 0 Å². The van der Waals surface area contributed by atoms with E-state index in [1.807, 2.05) is 43.3 Å². The Kier molecular flexibility index (Phi) is 2.86. The molecule has 0 fully saturated rings. The normalized spacial score (nSPS) is 17.4. The Bertz CT molecular complexity index is 626. The molecule has 2 nitrogen and oxygen atoms in total. The van der Waals surface area contributed by atoms with Crippen LogP contribution in [0.25, 0.3) is 11.1 Å². The first-order valence-corrected chi connectivity index (χ1v) is 6.51. The predicted octanol–water partition coefficient (Wildman–Crippen LogP) is 3.74. The van der Waals surface area contributed by atoms with Crippen molar-refractivity contribution in [2.45, 2.75) is 13.3 Å². The Hall–Kier alpha value is -2.09. The van der Waals surface area contributed by atoms with Crippen molar-refractivity contribution in [3.05, 3.63) is 53.6 Å². The van der Waals surface area contributed by atoms with Crippen molar-refractivity contribution in [3.63, 3.8) is 0 Å². The SMILES string of the molecule is COc1ccc(-c2cccc3c2C(=O)C(C)C3)cc1. The van der Waals surface area contributed by atoms with Crippen LogP contribution in [0, 0.1) is 5.92 Å². The van der Waals surface area contributed by atoms with Gasteiger partial charge in [0.05, 0.1) is 7.11 Å². The first kappa shape index (κ1) is 12.0. The van der Waals surface area contributed by atoms with Gasteiger partial charge < -0.3 is 4.74 Å². The van der Waals surface area contributed by atoms with Gasteiger partial charge in [0.15, 0.2) is 5.78 Å². The number of carbonyl (C=O) groups excluding carboxylic acids is 1. The number of ether oxygens (including phenoxy) is 1. The lowest BCUT2D eigenvalue weighted by Gasteiger charge is -2.08. The largest absolute Gasteiger partial charge is 0.497 e. The zero-order chi connectivity index (χ0) is 13.4. The van der Waals surface area contributed by atoms with Gasteiger partial charge in [0, 0.05) is 11.5 Å². The predicted molar refractivity (Wildman–Crippen MR) is 75.6 cm³/mol. The summed E-state index contributed by atoms with van der Waals surface area (Å²) in [5, 5.41) is 0. The summed E-state index contributed by atoms with van der Waals surface area (Å²) in [4.78, 5) is 12.3. The fraction of sp³-hybridized carbons (Fsp3) is 0.235. The molecule has 2 heteroatoms. The zero-order valence-corrected chi connectivity index (χ0v) is 11.1. The molecule has 3 rings (SSSR count). The lowest BCUT2D eigenvalue weighted by Crippen LogP contribution is -2.04. The minimum absolute atomic E-state index is 0.106. The number of Topliss-reactive ketones (excluding diaryl/α,β-unsaturated/α-hetero) is 1. The highest BCUT2D eigenvalue weighted by Gasteiger charge is 2.29. The molecule has 0 bridgehead atoms. The summed E-state index contributed by atoms with van der Waals surface area (Å²) < 4.78 is 5.17. The van der Waals surface area contributed by atoms with E-state index in [0.717, 1.165) is 28.9 Å². The molecule has 2 aromatic carbocycles. The molecule has 0 aromatic heterocycles. The highest BCUT2D eigenvalue weighted by atomic mass is 16.5. The van der Waals surface area contributed by atoms with Crippen LogP contribution in [-0.4, -0.2) is 12.9 Å². The fourth-order valence-corrected chi connectivity index (χ4v) is 2.74. The molecular weight excluding hydrogens is 236 g/mol. The van der Waals surface area contributed by atoms with Gasteiger partial charge in [-0.2, -0.15) is 0 Å². The monoisotopic (exact) mass is 252 g/mol. The molecule has 19 heavy (non-hydrogen) atoms. The standard InChI is InChI=1S/C17H16O2/c1-11-10-13-4-3-5-15(16(13)17(11)18)12-6-8-14(19-2)9-7-12/h3-9,11H,10H2,1-2H3. The number of methoxy groups -OCH3 is 1. The summed E-state index contributed by atoms with van der Waals surface area (Å²) in [6.07, 6.45) is 0.859. The zero-order valence-electron chi connectivity index (χ0n) is 11.1. The Morgan fingerprint density at radius 2 is 1.84 bits per heavy atom. The molecule has 2 aromatic rings. The van der Waals surface area contributed by atoms with Crippen LogP contribution in [0.3, 0.4) is 0 Å². The van der Waals surface area contributed by atoms with E-state index in [2.05, 4.69) is 6.07 Å². The van der Waals surface area contributed by atoms with Crippen molar-refractivity contribution in [2.75, 3.05) is 7.11 Å². The number of fused-ring (bicyclic) bond motifs is 1. The van der Waals surface area contributed by atoms with E-state index in [0.29, 0.717) is 0 Å². The summed E-state index contributed by atoms with van der Waals surface area (Å²) in [5.41, 5.74) is 4.18. The van der Waals surface area contributed by atoms with Gasteiger partial charge in [0.25, 0.3) is 0 Å². The second kappa shape index (κ2) is 4.54. The Balaban J connectivity index is 2.11. The van der Waals surface area contributed by atoms with Gasteiger partial charge in [-0.15, -0.1) is 0 Å². The molecule has 96 valence electrons. The number of hydrogen-bond donors (Lipinski definition) is 0. The fourth-order valence-electron chi connectivity index (χ4n) is 2.74. The van der Waals surface area contributed by atoms with Crippen LogP contribution >= 0.6 is 0 Å². The highest BCUT2D eigenvalue weighted by Crippen LogP contribution is 2.35. The third-order valence-corrected chi connectivity index (χ3v) is 3.77. The minimum atomic E-state index is 0.106. The average Bonchev–Trinajstić information content (AvgIpc) is 2.74. The molecular formula is C17H16O2. The molecule has 0 amide bonds. The van der Waals surface area contributed by atoms with Gasteiger partial charge >= 0.3 is 0 Å². The van der Waals surface area contributed by atoms with E-state index < -0.39 is 0 Å². The topological polar surface area (TPSA) is 26.3 Å². The van der Waals surface area contributed by atoms with Crippen molar-refractivity contribution in [2.24, 2.45) is 5.92 Å². The van der Waals surface area contributed by atoms with E-state index in [-0.39, 0.29) is 11.7 Å². The molecule has 1 aliphatic rings. The third kappa shape index (κ3) is 1.93. The summed E-state index contributed by atoms with van der Waals surface area (Å²) in [6.45, 7) is 2.00. The highest BCUT2D eigenvalue weighted by molar-refractivity contribution is 6.07. The molecule has 0 N–H and O–H groups in total. The van der Waals surface area contributed by atoms with Crippen LogP contribution in [0.1, 0.15) is 22.8 Å². The Morgan fingerprint density at radius 3 is 2.53 bits per heavy atom. The van der Waals surface area contributed by atoms with E-state index >= 15 is 0 Å². The van der Waals surface area contributed by atoms with Crippen LogP contribution in [0.5, 0.6) is 5.75 Å². The second-order valence-electron chi connectivity index (χ2n) is 5.04. The molecule has 0 saturated carbocycles. The molecule has 1 unspecified atom stereocenters. The summed E-state index contributed by atoms with van der Waals surface area (Å²) in [5.74, 6) is 1.20. The van der Waals surface area contributed by atoms with Crippen LogP contribution < -0.4 is 4.74 Å². The molecule has 0 aliphatic heterocycles. The van der Waals surface area contributed by atoms with E-state index in [4.69, 9.17) is 4.74 Å².